The Labute approximate surface area is 103 Å². The van der Waals surface area contributed by atoms with Gasteiger partial charge < -0.3 is 10.4 Å². The van der Waals surface area contributed by atoms with Gasteiger partial charge in [-0.2, -0.15) is 0 Å². The van der Waals surface area contributed by atoms with Crippen LogP contribution in [0.1, 0.15) is 19.3 Å². The molecule has 0 aromatic carbocycles. The van der Waals surface area contributed by atoms with Crippen molar-refractivity contribution in [1.29, 1.82) is 0 Å². The summed E-state index contributed by atoms with van der Waals surface area (Å²) in [5.41, 5.74) is -0.0580. The van der Waals surface area contributed by atoms with E-state index in [1.807, 2.05) is 0 Å². The van der Waals surface area contributed by atoms with Crippen LogP contribution in [-0.2, 0) is 4.79 Å². The highest BCUT2D eigenvalue weighted by Gasteiger charge is 2.33. The Bertz CT molecular complexity index is 473. The van der Waals surface area contributed by atoms with E-state index in [1.165, 1.54) is 18.3 Å². The lowest BCUT2D eigenvalue weighted by Gasteiger charge is -2.16. The van der Waals surface area contributed by atoms with E-state index in [-0.39, 0.29) is 18.2 Å². The van der Waals surface area contributed by atoms with Gasteiger partial charge in [-0.25, -0.2) is 4.98 Å². The lowest BCUT2D eigenvalue weighted by Crippen LogP contribution is -2.25. The number of nitrogens with zero attached hydrogens (tertiary/aromatic N) is 2. The van der Waals surface area contributed by atoms with Gasteiger partial charge in [0.15, 0.2) is 0 Å². The zero-order valence-corrected chi connectivity index (χ0v) is 9.57. The topological polar surface area (TPSA) is 105 Å². The summed E-state index contributed by atoms with van der Waals surface area (Å²) in [6.07, 6.45) is 3.31. The molecule has 0 bridgehead atoms. The van der Waals surface area contributed by atoms with Gasteiger partial charge >= 0.3 is 5.97 Å². The predicted octanol–water partition coefficient (Wildman–Crippen LogP) is 1.66. The van der Waals surface area contributed by atoms with Crippen molar-refractivity contribution in [3.8, 4) is 0 Å². The van der Waals surface area contributed by atoms with Crippen LogP contribution in [0.15, 0.2) is 18.3 Å². The molecule has 1 aliphatic carbocycles. The van der Waals surface area contributed by atoms with Crippen LogP contribution in [0.2, 0.25) is 0 Å². The molecule has 1 aromatic rings. The highest BCUT2D eigenvalue weighted by atomic mass is 16.6. The molecule has 2 rings (SSSR count). The van der Waals surface area contributed by atoms with Crippen molar-refractivity contribution in [2.45, 2.75) is 25.3 Å². The molecule has 7 heteroatoms. The Morgan fingerprint density at radius 2 is 2.39 bits per heavy atom. The van der Waals surface area contributed by atoms with E-state index in [2.05, 4.69) is 10.3 Å². The summed E-state index contributed by atoms with van der Waals surface area (Å²) in [4.78, 5) is 24.8. The van der Waals surface area contributed by atoms with Crippen molar-refractivity contribution in [2.24, 2.45) is 5.92 Å². The third-order valence-corrected chi connectivity index (χ3v) is 2.87. The number of carboxylic acids is 1. The summed E-state index contributed by atoms with van der Waals surface area (Å²) in [6.45, 7) is 0. The van der Waals surface area contributed by atoms with E-state index in [9.17, 15) is 14.9 Å². The summed E-state index contributed by atoms with van der Waals surface area (Å²) < 4.78 is 0. The minimum Gasteiger partial charge on any atom is -0.481 e. The molecule has 1 unspecified atom stereocenters. The van der Waals surface area contributed by atoms with E-state index in [1.54, 1.807) is 0 Å². The van der Waals surface area contributed by atoms with Gasteiger partial charge in [0.05, 0.1) is 17.4 Å². The van der Waals surface area contributed by atoms with Gasteiger partial charge in [0.25, 0.3) is 5.69 Å². The SMILES string of the molecule is O=C(O)CC(Nc1cc([N+](=O)[O-])ccn1)C1CC1. The van der Waals surface area contributed by atoms with Crippen molar-refractivity contribution < 1.29 is 14.8 Å². The fraction of sp³-hybridized carbons (Fsp3) is 0.455. The van der Waals surface area contributed by atoms with Crippen LogP contribution in [0.5, 0.6) is 0 Å². The summed E-state index contributed by atoms with van der Waals surface area (Å²) >= 11 is 0. The van der Waals surface area contributed by atoms with Crippen LogP contribution in [-0.4, -0.2) is 27.0 Å². The number of aliphatic carboxylic acids is 1. The summed E-state index contributed by atoms with van der Waals surface area (Å²) in [5, 5.41) is 22.4. The maximum absolute atomic E-state index is 10.7. The van der Waals surface area contributed by atoms with Crippen LogP contribution < -0.4 is 5.32 Å². The van der Waals surface area contributed by atoms with Crippen LogP contribution in [0, 0.1) is 16.0 Å². The number of anilines is 1. The molecule has 0 amide bonds. The second kappa shape index (κ2) is 4.99. The average Bonchev–Trinajstić information content (AvgIpc) is 3.11. The monoisotopic (exact) mass is 251 g/mol. The quantitative estimate of drug-likeness (QED) is 0.588. The highest BCUT2D eigenvalue weighted by Crippen LogP contribution is 2.35. The molecular formula is C11H13N3O4. The molecule has 1 fully saturated rings. The van der Waals surface area contributed by atoms with Gasteiger partial charge in [0.1, 0.15) is 5.82 Å². The molecule has 0 spiro atoms. The molecule has 0 aliphatic heterocycles. The fourth-order valence-electron chi connectivity index (χ4n) is 1.82. The van der Waals surface area contributed by atoms with E-state index in [0.717, 1.165) is 12.8 Å². The first-order chi connectivity index (χ1) is 8.56. The highest BCUT2D eigenvalue weighted by molar-refractivity contribution is 5.68. The van der Waals surface area contributed by atoms with Gasteiger partial charge in [-0.3, -0.25) is 14.9 Å². The summed E-state index contributed by atoms with van der Waals surface area (Å²) in [6, 6.07) is 2.41. The fourth-order valence-corrected chi connectivity index (χ4v) is 1.82. The maximum atomic E-state index is 10.7. The van der Waals surface area contributed by atoms with Crippen LogP contribution in [0.4, 0.5) is 11.5 Å². The first-order valence-corrected chi connectivity index (χ1v) is 5.65. The number of carbonyl (C=O) groups is 1. The summed E-state index contributed by atoms with van der Waals surface area (Å²) in [7, 11) is 0. The second-order valence-electron chi connectivity index (χ2n) is 4.34. The lowest BCUT2D eigenvalue weighted by atomic mass is 10.1. The van der Waals surface area contributed by atoms with Crippen molar-refractivity contribution in [3.63, 3.8) is 0 Å². The van der Waals surface area contributed by atoms with Crippen molar-refractivity contribution in [3.05, 3.63) is 28.4 Å². The number of aromatic nitrogens is 1. The minimum atomic E-state index is -0.884. The number of rotatable bonds is 6. The number of nitro groups is 1. The Balaban J connectivity index is 2.08. The molecule has 1 aliphatic rings. The Kier molecular flexibility index (Phi) is 3.40. The van der Waals surface area contributed by atoms with Crippen LogP contribution in [0.25, 0.3) is 0 Å². The second-order valence-corrected chi connectivity index (χ2v) is 4.34. The number of carboxylic acid groups (broad SMARTS) is 1. The third-order valence-electron chi connectivity index (χ3n) is 2.87. The number of hydrogen-bond acceptors (Lipinski definition) is 5. The van der Waals surface area contributed by atoms with Crippen molar-refractivity contribution >= 4 is 17.5 Å². The average molecular weight is 251 g/mol. The Hall–Kier alpha value is -2.18. The van der Waals surface area contributed by atoms with Gasteiger partial charge in [-0.1, -0.05) is 0 Å². The molecule has 96 valence electrons. The smallest absolute Gasteiger partial charge is 0.305 e. The van der Waals surface area contributed by atoms with E-state index in [0.29, 0.717) is 11.7 Å². The Morgan fingerprint density at radius 3 is 2.94 bits per heavy atom. The summed E-state index contributed by atoms with van der Waals surface area (Å²) in [5.74, 6) is -0.214. The molecule has 18 heavy (non-hydrogen) atoms. The van der Waals surface area contributed by atoms with Crippen molar-refractivity contribution in [1.82, 2.24) is 4.98 Å². The molecule has 0 saturated heterocycles. The standard InChI is InChI=1S/C11H13N3O4/c15-11(16)6-9(7-1-2-7)13-10-5-8(14(17)18)3-4-12-10/h3-5,7,9H,1-2,6H2,(H,12,13)(H,15,16). The van der Waals surface area contributed by atoms with Gasteiger partial charge in [0.2, 0.25) is 0 Å². The normalized spacial score (nSPS) is 16.0. The first kappa shape index (κ1) is 12.3. The van der Waals surface area contributed by atoms with E-state index < -0.39 is 10.9 Å². The van der Waals surface area contributed by atoms with Crippen molar-refractivity contribution in [2.75, 3.05) is 5.32 Å². The zero-order valence-electron chi connectivity index (χ0n) is 9.57. The van der Waals surface area contributed by atoms with Crippen LogP contribution in [0.3, 0.4) is 0 Å². The molecular weight excluding hydrogens is 238 g/mol. The lowest BCUT2D eigenvalue weighted by molar-refractivity contribution is -0.384. The molecule has 2 N–H and O–H groups in total. The van der Waals surface area contributed by atoms with Gasteiger partial charge in [0, 0.05) is 18.3 Å². The first-order valence-electron chi connectivity index (χ1n) is 5.65. The van der Waals surface area contributed by atoms with Crippen LogP contribution >= 0.6 is 0 Å². The minimum absolute atomic E-state index is 0.00492. The molecule has 7 nitrogen and oxygen atoms in total. The number of pyridine rings is 1. The number of hydrogen-bond donors (Lipinski definition) is 2. The molecule has 1 atom stereocenters. The maximum Gasteiger partial charge on any atom is 0.305 e. The van der Waals surface area contributed by atoms with E-state index in [4.69, 9.17) is 5.11 Å². The molecule has 0 radical (unpaired) electrons. The van der Waals surface area contributed by atoms with Gasteiger partial charge in [-0.05, 0) is 18.8 Å². The molecule has 1 heterocycles. The molecule has 1 saturated carbocycles. The Morgan fingerprint density at radius 1 is 1.67 bits per heavy atom. The number of nitrogens with one attached hydrogen (secondary N) is 1. The van der Waals surface area contributed by atoms with E-state index >= 15 is 0 Å². The zero-order chi connectivity index (χ0) is 13.1. The largest absolute Gasteiger partial charge is 0.481 e. The predicted molar refractivity (Wildman–Crippen MR) is 63.3 cm³/mol. The molecule has 1 aromatic heterocycles. The van der Waals surface area contributed by atoms with Gasteiger partial charge in [-0.15, -0.1) is 0 Å². The third kappa shape index (κ3) is 3.16.